The van der Waals surface area contributed by atoms with Crippen molar-refractivity contribution in [1.29, 1.82) is 0 Å². The van der Waals surface area contributed by atoms with Crippen molar-refractivity contribution in [3.05, 3.63) is 60.3 Å². The highest BCUT2D eigenvalue weighted by molar-refractivity contribution is 5.53. The maximum Gasteiger partial charge on any atom is 0.243 e. The summed E-state index contributed by atoms with van der Waals surface area (Å²) < 4.78 is 10.8. The zero-order valence-corrected chi connectivity index (χ0v) is 14.1. The molecule has 3 heterocycles. The van der Waals surface area contributed by atoms with E-state index in [4.69, 9.17) is 8.94 Å². The molecule has 0 aliphatic rings. The summed E-state index contributed by atoms with van der Waals surface area (Å²) in [7, 11) is 0. The molecule has 0 amide bonds. The van der Waals surface area contributed by atoms with E-state index < -0.39 is 0 Å². The first kappa shape index (κ1) is 15.9. The molecule has 0 unspecified atom stereocenters. The minimum Gasteiger partial charge on any atom is -0.460 e. The van der Waals surface area contributed by atoms with Crippen LogP contribution in [0.5, 0.6) is 0 Å². The van der Waals surface area contributed by atoms with Crippen LogP contribution in [-0.2, 0) is 6.42 Å². The molecule has 1 N–H and O–H groups in total. The summed E-state index contributed by atoms with van der Waals surface area (Å²) in [5, 5.41) is 15.0. The maximum absolute atomic E-state index is 5.55. The third-order valence-electron chi connectivity index (χ3n) is 3.67. The molecule has 0 aliphatic heterocycles. The van der Waals surface area contributed by atoms with Gasteiger partial charge in [-0.1, -0.05) is 35.5 Å². The number of nitrogens with one attached hydrogen (secondary N) is 1. The molecular weight excluding hydrogens is 332 g/mol. The number of aromatic nitrogens is 5. The fraction of sp³-hybridized carbons (Fsp3) is 0.167. The molecule has 8 nitrogen and oxygen atoms in total. The predicted molar refractivity (Wildman–Crippen MR) is 94.2 cm³/mol. The number of aryl methyl sites for hydroxylation is 1. The molecule has 4 aromatic rings. The van der Waals surface area contributed by atoms with Gasteiger partial charge in [-0.15, -0.1) is 5.10 Å². The molecule has 0 aliphatic carbocycles. The molecule has 0 saturated heterocycles. The molecule has 0 fully saturated rings. The van der Waals surface area contributed by atoms with Crippen molar-refractivity contribution in [3.8, 4) is 22.8 Å². The Bertz CT molecular complexity index is 996. The van der Waals surface area contributed by atoms with Gasteiger partial charge in [0.1, 0.15) is 11.5 Å². The Morgan fingerprint density at radius 1 is 1.04 bits per heavy atom. The van der Waals surface area contributed by atoms with Gasteiger partial charge in [0.05, 0.1) is 6.20 Å². The molecular formula is C18H16N6O2. The number of benzene rings is 1. The minimum absolute atomic E-state index is 0.416. The number of furan rings is 1. The lowest BCUT2D eigenvalue weighted by atomic mass is 10.2. The van der Waals surface area contributed by atoms with E-state index in [1.54, 1.807) is 6.20 Å². The molecule has 8 heteroatoms. The van der Waals surface area contributed by atoms with Crippen molar-refractivity contribution < 1.29 is 8.94 Å². The Kier molecular flexibility index (Phi) is 4.38. The highest BCUT2D eigenvalue weighted by Crippen LogP contribution is 2.19. The summed E-state index contributed by atoms with van der Waals surface area (Å²) in [4.78, 5) is 8.79. The summed E-state index contributed by atoms with van der Waals surface area (Å²) in [5.41, 5.74) is 1.55. The smallest absolute Gasteiger partial charge is 0.243 e. The van der Waals surface area contributed by atoms with Crippen LogP contribution in [0.4, 0.5) is 5.95 Å². The normalized spacial score (nSPS) is 10.8. The van der Waals surface area contributed by atoms with Crippen LogP contribution in [-0.4, -0.2) is 31.9 Å². The highest BCUT2D eigenvalue weighted by atomic mass is 16.5. The summed E-state index contributed by atoms with van der Waals surface area (Å²) >= 11 is 0. The number of anilines is 1. The number of rotatable bonds is 6. The van der Waals surface area contributed by atoms with Crippen LogP contribution in [0.15, 0.2) is 57.6 Å². The summed E-state index contributed by atoms with van der Waals surface area (Å²) in [6.45, 7) is 2.42. The Balaban J connectivity index is 1.37. The summed E-state index contributed by atoms with van der Waals surface area (Å²) in [6.07, 6.45) is 2.11. The van der Waals surface area contributed by atoms with Crippen LogP contribution in [0.2, 0.25) is 0 Å². The van der Waals surface area contributed by atoms with Crippen LogP contribution in [0, 0.1) is 6.92 Å². The molecule has 4 rings (SSSR count). The van der Waals surface area contributed by atoms with Crippen LogP contribution < -0.4 is 5.32 Å². The van der Waals surface area contributed by atoms with Gasteiger partial charge in [-0.25, -0.2) is 4.98 Å². The predicted octanol–water partition coefficient (Wildman–Crippen LogP) is 3.14. The second kappa shape index (κ2) is 7.14. The lowest BCUT2D eigenvalue weighted by Gasteiger charge is -2.02. The van der Waals surface area contributed by atoms with E-state index in [0.717, 1.165) is 11.3 Å². The topological polar surface area (TPSA) is 103 Å². The fourth-order valence-electron chi connectivity index (χ4n) is 2.41. The Hall–Kier alpha value is -3.55. The van der Waals surface area contributed by atoms with Crippen LogP contribution in [0.25, 0.3) is 22.8 Å². The molecule has 130 valence electrons. The van der Waals surface area contributed by atoms with Crippen LogP contribution in [0.1, 0.15) is 11.7 Å². The number of nitrogens with zero attached hydrogens (tertiary/aromatic N) is 5. The van der Waals surface area contributed by atoms with Gasteiger partial charge < -0.3 is 14.3 Å². The van der Waals surface area contributed by atoms with Gasteiger partial charge in [-0.2, -0.15) is 10.1 Å². The van der Waals surface area contributed by atoms with Crippen molar-refractivity contribution >= 4 is 5.95 Å². The molecule has 0 radical (unpaired) electrons. The quantitative estimate of drug-likeness (QED) is 0.567. The first-order valence-electron chi connectivity index (χ1n) is 8.16. The molecule has 26 heavy (non-hydrogen) atoms. The minimum atomic E-state index is 0.416. The van der Waals surface area contributed by atoms with Gasteiger partial charge in [-0.3, -0.25) is 0 Å². The van der Waals surface area contributed by atoms with E-state index in [1.807, 2.05) is 49.4 Å². The monoisotopic (exact) mass is 348 g/mol. The lowest BCUT2D eigenvalue weighted by Crippen LogP contribution is -2.09. The zero-order chi connectivity index (χ0) is 17.8. The van der Waals surface area contributed by atoms with Crippen molar-refractivity contribution in [1.82, 2.24) is 25.3 Å². The summed E-state index contributed by atoms with van der Waals surface area (Å²) in [6, 6.07) is 13.4. The van der Waals surface area contributed by atoms with Crippen molar-refractivity contribution in [3.63, 3.8) is 0 Å². The van der Waals surface area contributed by atoms with E-state index in [2.05, 4.69) is 30.6 Å². The first-order chi connectivity index (χ1) is 12.8. The highest BCUT2D eigenvalue weighted by Gasteiger charge is 2.09. The maximum atomic E-state index is 5.55. The van der Waals surface area contributed by atoms with E-state index in [1.165, 1.54) is 0 Å². The first-order valence-corrected chi connectivity index (χ1v) is 8.16. The van der Waals surface area contributed by atoms with Gasteiger partial charge in [0.15, 0.2) is 5.76 Å². The van der Waals surface area contributed by atoms with E-state index in [-0.39, 0.29) is 0 Å². The molecule has 0 bridgehead atoms. The third-order valence-corrected chi connectivity index (χ3v) is 3.67. The summed E-state index contributed by atoms with van der Waals surface area (Å²) in [5.74, 6) is 3.01. The van der Waals surface area contributed by atoms with Crippen LogP contribution >= 0.6 is 0 Å². The second-order valence-electron chi connectivity index (χ2n) is 5.63. The zero-order valence-electron chi connectivity index (χ0n) is 14.1. The Morgan fingerprint density at radius 3 is 2.73 bits per heavy atom. The number of hydrogen-bond acceptors (Lipinski definition) is 8. The second-order valence-corrected chi connectivity index (χ2v) is 5.63. The molecule has 0 atom stereocenters. The van der Waals surface area contributed by atoms with Gasteiger partial charge in [-0.05, 0) is 19.1 Å². The fourth-order valence-corrected chi connectivity index (χ4v) is 2.41. The lowest BCUT2D eigenvalue weighted by molar-refractivity contribution is 0.381. The molecule has 3 aromatic heterocycles. The van der Waals surface area contributed by atoms with E-state index in [9.17, 15) is 0 Å². The van der Waals surface area contributed by atoms with E-state index >= 15 is 0 Å². The van der Waals surface area contributed by atoms with Gasteiger partial charge in [0, 0.05) is 18.5 Å². The SMILES string of the molecule is Cc1ccc(-c2cnnc(NCCc3nc(-c4ccccc4)no3)n2)o1. The molecule has 1 aromatic carbocycles. The average Bonchev–Trinajstić information content (AvgIpc) is 3.32. The van der Waals surface area contributed by atoms with E-state index in [0.29, 0.717) is 42.1 Å². The Morgan fingerprint density at radius 2 is 1.92 bits per heavy atom. The average molecular weight is 348 g/mol. The van der Waals surface area contributed by atoms with Crippen LogP contribution in [0.3, 0.4) is 0 Å². The Labute approximate surface area is 149 Å². The third kappa shape index (κ3) is 3.59. The van der Waals surface area contributed by atoms with Crippen molar-refractivity contribution in [2.75, 3.05) is 11.9 Å². The molecule has 0 spiro atoms. The largest absolute Gasteiger partial charge is 0.460 e. The van der Waals surface area contributed by atoms with Gasteiger partial charge in [0.2, 0.25) is 17.7 Å². The standard InChI is InChI=1S/C18H16N6O2/c1-12-7-8-15(25-12)14-11-20-23-18(21-14)19-10-9-16-22-17(24-26-16)13-5-3-2-4-6-13/h2-8,11H,9-10H2,1H3,(H,19,21,23). The molecule has 0 saturated carbocycles. The van der Waals surface area contributed by atoms with Gasteiger partial charge in [0.25, 0.3) is 0 Å². The number of hydrogen-bond donors (Lipinski definition) is 1. The van der Waals surface area contributed by atoms with Crippen molar-refractivity contribution in [2.24, 2.45) is 0 Å². The van der Waals surface area contributed by atoms with Crippen molar-refractivity contribution in [2.45, 2.75) is 13.3 Å². The van der Waals surface area contributed by atoms with Gasteiger partial charge >= 0.3 is 0 Å².